The summed E-state index contributed by atoms with van der Waals surface area (Å²) in [4.78, 5) is 0. The predicted molar refractivity (Wildman–Crippen MR) is 145 cm³/mol. The number of nitrogens with zero attached hydrogens (tertiary/aromatic N) is 4. The number of benzene rings is 3. The van der Waals surface area contributed by atoms with E-state index in [2.05, 4.69) is 25.8 Å². The molecule has 0 bridgehead atoms. The number of hydrogen-bond donors (Lipinski definition) is 2. The van der Waals surface area contributed by atoms with Crippen LogP contribution in [0.2, 0.25) is 30.1 Å². The number of nitrogens with two attached hydrogens (primary N) is 1. The van der Waals surface area contributed by atoms with Crippen molar-refractivity contribution in [3.05, 3.63) is 101 Å². The van der Waals surface area contributed by atoms with Crippen LogP contribution in [0, 0.1) is 0 Å². The van der Waals surface area contributed by atoms with E-state index in [-0.39, 0.29) is 29.9 Å². The lowest BCUT2D eigenvalue weighted by Crippen LogP contribution is -3.00. The van der Waals surface area contributed by atoms with Crippen LogP contribution in [0.5, 0.6) is 0 Å². The van der Waals surface area contributed by atoms with Gasteiger partial charge in [-0.05, 0) is 36.4 Å². The van der Waals surface area contributed by atoms with Crippen LogP contribution in [0.25, 0.3) is 0 Å². The molecule has 0 saturated carbocycles. The molecule has 0 amide bonds. The fourth-order valence-corrected chi connectivity index (χ4v) is 3.78. The number of nitrogens with one attached hydrogen (secondary N) is 1. The third kappa shape index (κ3) is 9.86. The Morgan fingerprint density at radius 3 is 1.60 bits per heavy atom. The highest BCUT2D eigenvalue weighted by molar-refractivity contribution is 6.37. The molecular formula is C22H15Cl6IN6. The fraction of sp³-hybridized carbons (Fsp3) is 0. The Labute approximate surface area is 249 Å². The van der Waals surface area contributed by atoms with Crippen LogP contribution in [0.3, 0.4) is 0 Å². The zero-order chi connectivity index (χ0) is 24.5. The van der Waals surface area contributed by atoms with Crippen molar-refractivity contribution >= 4 is 94.2 Å². The summed E-state index contributed by atoms with van der Waals surface area (Å²) < 4.78 is 0. The van der Waals surface area contributed by atoms with Crippen LogP contribution >= 0.6 is 69.6 Å². The summed E-state index contributed by atoms with van der Waals surface area (Å²) in [6.45, 7) is 0. The lowest BCUT2D eigenvalue weighted by atomic mass is 10.2. The summed E-state index contributed by atoms with van der Waals surface area (Å²) >= 11 is 36.3. The van der Waals surface area contributed by atoms with Gasteiger partial charge in [-0.25, -0.2) is 5.43 Å². The number of hydrazone groups is 1. The molecule has 6 nitrogen and oxygen atoms in total. The van der Waals surface area contributed by atoms with E-state index in [0.717, 1.165) is 0 Å². The normalized spacial score (nSPS) is 12.0. The highest BCUT2D eigenvalue weighted by Gasteiger charge is 2.04. The summed E-state index contributed by atoms with van der Waals surface area (Å²) in [6, 6.07) is 15.2. The van der Waals surface area contributed by atoms with E-state index in [9.17, 15) is 0 Å². The van der Waals surface area contributed by atoms with Crippen molar-refractivity contribution in [1.82, 2.24) is 5.43 Å². The van der Waals surface area contributed by atoms with E-state index in [1.165, 1.54) is 17.9 Å². The Morgan fingerprint density at radius 1 is 0.657 bits per heavy atom. The maximum absolute atomic E-state index is 6.17. The molecule has 0 unspecified atom stereocenters. The van der Waals surface area contributed by atoms with Crippen LogP contribution in [-0.4, -0.2) is 24.6 Å². The van der Waals surface area contributed by atoms with E-state index < -0.39 is 0 Å². The number of quaternary nitrogens is 1. The molecule has 3 rings (SSSR count). The average molecular weight is 703 g/mol. The van der Waals surface area contributed by atoms with Gasteiger partial charge in [0, 0.05) is 31.8 Å². The monoisotopic (exact) mass is 700 g/mol. The molecule has 35 heavy (non-hydrogen) atoms. The van der Waals surface area contributed by atoms with Gasteiger partial charge in [0.25, 0.3) is 0 Å². The van der Waals surface area contributed by atoms with Crippen LogP contribution < -0.4 is 34.8 Å². The Kier molecular flexibility index (Phi) is 12.7. The van der Waals surface area contributed by atoms with Crippen molar-refractivity contribution in [1.29, 1.82) is 0 Å². The highest BCUT2D eigenvalue weighted by Crippen LogP contribution is 2.21. The smallest absolute Gasteiger partial charge is 0.365 e. The molecule has 0 aromatic heterocycles. The number of rotatable bonds is 6. The molecule has 0 aliphatic rings. The molecule has 0 atom stereocenters. The predicted octanol–water partition coefficient (Wildman–Crippen LogP) is 3.52. The summed E-state index contributed by atoms with van der Waals surface area (Å²) in [5, 5.41) is 19.5. The van der Waals surface area contributed by atoms with Crippen molar-refractivity contribution in [2.45, 2.75) is 0 Å². The van der Waals surface area contributed by atoms with Gasteiger partial charge >= 0.3 is 5.96 Å². The van der Waals surface area contributed by atoms with Gasteiger partial charge in [0.15, 0.2) is 0 Å². The Hall–Kier alpha value is -1.43. The van der Waals surface area contributed by atoms with Crippen LogP contribution in [0.15, 0.2) is 75.0 Å². The number of halogens is 7. The van der Waals surface area contributed by atoms with Crippen molar-refractivity contribution in [2.24, 2.45) is 20.4 Å². The molecule has 0 saturated heterocycles. The number of hydrogen-bond acceptors (Lipinski definition) is 4. The van der Waals surface area contributed by atoms with E-state index in [1.54, 1.807) is 60.8 Å². The quantitative estimate of drug-likeness (QED) is 0.133. The van der Waals surface area contributed by atoms with Crippen molar-refractivity contribution in [3.63, 3.8) is 0 Å². The molecule has 0 spiro atoms. The van der Waals surface area contributed by atoms with Gasteiger partial charge in [-0.15, -0.1) is 0 Å². The standard InChI is InChI=1S/C22H14Cl6N6.HI/c23-16-4-1-13(19(26)7-16)10-29-32-22(33-30-11-14-2-5-17(24)8-20(14)27)34-31-12-15-3-6-18(25)9-21(15)28;/h1-12H,(H2,32,33,34);1H/b29-10-,30-11-,31-12-;. The van der Waals surface area contributed by atoms with E-state index in [1.807, 2.05) is 0 Å². The molecule has 182 valence electrons. The first-order valence-corrected chi connectivity index (χ1v) is 11.7. The third-order valence-corrected chi connectivity index (χ3v) is 5.73. The van der Waals surface area contributed by atoms with Gasteiger partial charge in [-0.2, -0.15) is 15.6 Å². The molecule has 0 aliphatic heterocycles. The van der Waals surface area contributed by atoms with Crippen molar-refractivity contribution < 1.29 is 29.4 Å². The lowest BCUT2D eigenvalue weighted by Gasteiger charge is -2.00. The fourth-order valence-electron chi connectivity index (χ4n) is 2.41. The molecule has 0 fully saturated rings. The highest BCUT2D eigenvalue weighted by atomic mass is 127. The minimum Gasteiger partial charge on any atom is -1.00 e. The van der Waals surface area contributed by atoms with Crippen LogP contribution in [0.1, 0.15) is 16.7 Å². The van der Waals surface area contributed by atoms with Gasteiger partial charge in [-0.3, -0.25) is 0 Å². The van der Waals surface area contributed by atoms with E-state index in [4.69, 9.17) is 69.6 Å². The lowest BCUT2D eigenvalue weighted by molar-refractivity contribution is -0.549. The minimum atomic E-state index is 0. The summed E-state index contributed by atoms with van der Waals surface area (Å²) in [5.74, 6) is 0.226. The van der Waals surface area contributed by atoms with Crippen molar-refractivity contribution in [3.8, 4) is 0 Å². The zero-order valence-corrected chi connectivity index (χ0v) is 24.1. The largest absolute Gasteiger partial charge is 1.00 e. The molecular weight excluding hydrogens is 688 g/mol. The van der Waals surface area contributed by atoms with Crippen LogP contribution in [-0.2, 0) is 0 Å². The van der Waals surface area contributed by atoms with E-state index in [0.29, 0.717) is 46.8 Å². The molecule has 0 radical (unpaired) electrons. The Morgan fingerprint density at radius 2 is 1.11 bits per heavy atom. The molecule has 3 aromatic rings. The molecule has 3 aromatic carbocycles. The molecule has 0 aliphatic carbocycles. The Balaban J connectivity index is 0.00000432. The van der Waals surface area contributed by atoms with Gasteiger partial charge in [-0.1, -0.05) is 98.0 Å². The molecule has 0 heterocycles. The van der Waals surface area contributed by atoms with Crippen molar-refractivity contribution in [2.75, 3.05) is 0 Å². The third-order valence-electron chi connectivity index (χ3n) is 4.04. The maximum atomic E-state index is 6.17. The minimum absolute atomic E-state index is 0. The number of guanidine groups is 1. The van der Waals surface area contributed by atoms with Gasteiger partial charge in [0.1, 0.15) is 0 Å². The van der Waals surface area contributed by atoms with Gasteiger partial charge in [0.2, 0.25) is 0 Å². The first-order chi connectivity index (χ1) is 16.3. The molecule has 13 heteroatoms. The first-order valence-electron chi connectivity index (χ1n) is 9.43. The Bertz CT molecular complexity index is 1230. The molecule has 3 N–H and O–H groups in total. The summed E-state index contributed by atoms with van der Waals surface area (Å²) in [7, 11) is 0. The van der Waals surface area contributed by atoms with Gasteiger partial charge in [0.05, 0.1) is 33.7 Å². The van der Waals surface area contributed by atoms with Gasteiger partial charge < -0.3 is 24.0 Å². The first kappa shape index (κ1) is 29.8. The second-order valence-corrected chi connectivity index (χ2v) is 9.04. The summed E-state index contributed by atoms with van der Waals surface area (Å²) in [6.07, 6.45) is 4.55. The maximum Gasteiger partial charge on any atom is 0.365 e. The van der Waals surface area contributed by atoms with Crippen LogP contribution in [0.4, 0.5) is 0 Å². The zero-order valence-electron chi connectivity index (χ0n) is 17.4. The second-order valence-electron chi connectivity index (χ2n) is 6.50. The second kappa shape index (κ2) is 15.0. The summed E-state index contributed by atoms with van der Waals surface area (Å²) in [5.41, 5.74) is 6.16. The average Bonchev–Trinajstić information content (AvgIpc) is 2.77. The SMILES string of the molecule is Clc1ccc(/C=N\N=C(/N/N=C\c2ccc(Cl)cc2Cl)[NH2+]/N=C\c2ccc(Cl)cc2Cl)c(Cl)c1.[I-]. The van der Waals surface area contributed by atoms with E-state index >= 15 is 0 Å². The topological polar surface area (TPSA) is 78.1 Å².